The van der Waals surface area contributed by atoms with E-state index in [1.165, 1.54) is 0 Å². The minimum Gasteiger partial charge on any atom is -0.449 e. The molecule has 1 atom stereocenters. The average Bonchev–Trinajstić information content (AvgIpc) is 2.69. The quantitative estimate of drug-likeness (QED) is 0.547. The van der Waals surface area contributed by atoms with Crippen molar-refractivity contribution in [2.75, 3.05) is 12.3 Å². The molecule has 0 radical (unpaired) electrons. The van der Waals surface area contributed by atoms with Crippen molar-refractivity contribution in [2.24, 2.45) is 0 Å². The number of amides is 1. The first-order chi connectivity index (χ1) is 13.1. The number of carbonyl (C=O) groups is 2. The predicted molar refractivity (Wildman–Crippen MR) is 99.3 cm³/mol. The van der Waals surface area contributed by atoms with Gasteiger partial charge in [0.25, 0.3) is 0 Å². The molecule has 0 aliphatic carbocycles. The summed E-state index contributed by atoms with van der Waals surface area (Å²) in [7, 11) is 0. The van der Waals surface area contributed by atoms with E-state index >= 15 is 0 Å². The van der Waals surface area contributed by atoms with Crippen molar-refractivity contribution in [3.63, 3.8) is 0 Å². The summed E-state index contributed by atoms with van der Waals surface area (Å²) in [5.41, 5.74) is 8.02. The molecule has 0 aromatic heterocycles. The average molecular weight is 367 g/mol. The maximum Gasteiger partial charge on any atom is 0.408 e. The molecule has 140 valence electrons. The first-order valence-electron chi connectivity index (χ1n) is 8.43. The third-order valence-electron chi connectivity index (χ3n) is 3.77. The van der Waals surface area contributed by atoms with Crippen LogP contribution in [0.15, 0.2) is 54.6 Å². The highest BCUT2D eigenvalue weighted by molar-refractivity contribution is 5.81. The lowest BCUT2D eigenvalue weighted by Gasteiger charge is -2.17. The van der Waals surface area contributed by atoms with Gasteiger partial charge in [-0.3, -0.25) is 0 Å². The SMILES string of the molecule is N#CCOC(=O)C(CCc1ccccc1)NC(=O)OCc1ccc(N)cc1. The fraction of sp³-hybridized carbons (Fsp3) is 0.250. The summed E-state index contributed by atoms with van der Waals surface area (Å²) in [4.78, 5) is 24.2. The van der Waals surface area contributed by atoms with Crippen LogP contribution in [0.3, 0.4) is 0 Å². The second-order valence-corrected chi connectivity index (χ2v) is 5.80. The monoisotopic (exact) mass is 367 g/mol. The van der Waals surface area contributed by atoms with E-state index < -0.39 is 18.1 Å². The topological polar surface area (TPSA) is 114 Å². The summed E-state index contributed by atoms with van der Waals surface area (Å²) in [5, 5.41) is 11.1. The first-order valence-corrected chi connectivity index (χ1v) is 8.43. The molecule has 0 spiro atoms. The lowest BCUT2D eigenvalue weighted by molar-refractivity contribution is -0.144. The van der Waals surface area contributed by atoms with Crippen LogP contribution < -0.4 is 11.1 Å². The van der Waals surface area contributed by atoms with Gasteiger partial charge in [-0.15, -0.1) is 0 Å². The molecular formula is C20H21N3O4. The highest BCUT2D eigenvalue weighted by Gasteiger charge is 2.23. The Hall–Kier alpha value is -3.53. The fourth-order valence-corrected chi connectivity index (χ4v) is 2.36. The van der Waals surface area contributed by atoms with Gasteiger partial charge in [-0.25, -0.2) is 9.59 Å². The van der Waals surface area contributed by atoms with Gasteiger partial charge in [-0.2, -0.15) is 5.26 Å². The molecule has 0 saturated heterocycles. The Kier molecular flexibility index (Phi) is 7.67. The maximum atomic E-state index is 12.1. The summed E-state index contributed by atoms with van der Waals surface area (Å²) < 4.78 is 9.98. The molecule has 0 fully saturated rings. The number of anilines is 1. The van der Waals surface area contributed by atoms with Crippen LogP contribution in [-0.4, -0.2) is 24.7 Å². The van der Waals surface area contributed by atoms with E-state index in [1.807, 2.05) is 30.3 Å². The zero-order chi connectivity index (χ0) is 19.5. The number of nitriles is 1. The van der Waals surface area contributed by atoms with Crippen molar-refractivity contribution < 1.29 is 19.1 Å². The second-order valence-electron chi connectivity index (χ2n) is 5.80. The molecule has 0 aliphatic rings. The summed E-state index contributed by atoms with van der Waals surface area (Å²) in [6.07, 6.45) is 0.148. The van der Waals surface area contributed by atoms with Crippen molar-refractivity contribution in [3.8, 4) is 6.07 Å². The van der Waals surface area contributed by atoms with Gasteiger partial charge in [0.2, 0.25) is 0 Å². The Morgan fingerprint density at radius 1 is 1.04 bits per heavy atom. The van der Waals surface area contributed by atoms with E-state index in [-0.39, 0.29) is 13.2 Å². The van der Waals surface area contributed by atoms with E-state index in [4.69, 9.17) is 20.5 Å². The number of benzene rings is 2. The lowest BCUT2D eigenvalue weighted by atomic mass is 10.1. The standard InChI is InChI=1S/C20H21N3O4/c21-12-13-26-19(24)18(11-8-15-4-2-1-3-5-15)23-20(25)27-14-16-6-9-17(22)10-7-16/h1-7,9-10,18H,8,11,13-14,22H2,(H,23,25). The number of rotatable bonds is 8. The number of hydrogen-bond donors (Lipinski definition) is 2. The van der Waals surface area contributed by atoms with Crippen molar-refractivity contribution in [3.05, 3.63) is 65.7 Å². The van der Waals surface area contributed by atoms with E-state index in [2.05, 4.69) is 5.32 Å². The molecular weight excluding hydrogens is 346 g/mol. The molecule has 0 heterocycles. The van der Waals surface area contributed by atoms with Crippen LogP contribution in [0.25, 0.3) is 0 Å². The largest absolute Gasteiger partial charge is 0.449 e. The van der Waals surface area contributed by atoms with E-state index in [0.717, 1.165) is 11.1 Å². The van der Waals surface area contributed by atoms with Crippen LogP contribution in [0.2, 0.25) is 0 Å². The number of nitrogens with zero attached hydrogens (tertiary/aromatic N) is 1. The molecule has 2 aromatic carbocycles. The molecule has 0 bridgehead atoms. The number of hydrogen-bond acceptors (Lipinski definition) is 6. The predicted octanol–water partition coefficient (Wildman–Crippen LogP) is 2.56. The smallest absolute Gasteiger partial charge is 0.408 e. The fourth-order valence-electron chi connectivity index (χ4n) is 2.36. The maximum absolute atomic E-state index is 12.1. The van der Waals surface area contributed by atoms with Crippen molar-refractivity contribution in [1.82, 2.24) is 5.32 Å². The molecule has 0 saturated carbocycles. The Labute approximate surface area is 157 Å². The molecule has 1 amide bonds. The Balaban J connectivity index is 1.90. The van der Waals surface area contributed by atoms with Gasteiger partial charge in [0.05, 0.1) is 0 Å². The zero-order valence-corrected chi connectivity index (χ0v) is 14.8. The molecule has 0 aliphatic heterocycles. The number of aryl methyl sites for hydroxylation is 1. The third kappa shape index (κ3) is 7.08. The Morgan fingerprint density at radius 3 is 2.41 bits per heavy atom. The van der Waals surface area contributed by atoms with Gasteiger partial charge in [-0.1, -0.05) is 42.5 Å². The summed E-state index contributed by atoms with van der Waals surface area (Å²) >= 11 is 0. The van der Waals surface area contributed by atoms with Gasteiger partial charge < -0.3 is 20.5 Å². The summed E-state index contributed by atoms with van der Waals surface area (Å²) in [5.74, 6) is -0.670. The number of nitrogens with two attached hydrogens (primary N) is 1. The van der Waals surface area contributed by atoms with Gasteiger partial charge in [0.1, 0.15) is 18.7 Å². The van der Waals surface area contributed by atoms with Crippen LogP contribution in [0, 0.1) is 11.3 Å². The van der Waals surface area contributed by atoms with E-state index in [1.54, 1.807) is 30.3 Å². The van der Waals surface area contributed by atoms with E-state index in [9.17, 15) is 9.59 Å². The number of nitrogen functional groups attached to an aromatic ring is 1. The van der Waals surface area contributed by atoms with Crippen molar-refractivity contribution >= 4 is 17.7 Å². The van der Waals surface area contributed by atoms with Crippen LogP contribution >= 0.6 is 0 Å². The lowest BCUT2D eigenvalue weighted by Crippen LogP contribution is -2.42. The number of alkyl carbamates (subject to hydrolysis) is 1. The van der Waals surface area contributed by atoms with Gasteiger partial charge in [0, 0.05) is 5.69 Å². The van der Waals surface area contributed by atoms with Crippen LogP contribution in [0.4, 0.5) is 10.5 Å². The van der Waals surface area contributed by atoms with Gasteiger partial charge >= 0.3 is 12.1 Å². The van der Waals surface area contributed by atoms with Crippen LogP contribution in [0.5, 0.6) is 0 Å². The van der Waals surface area contributed by atoms with Crippen LogP contribution in [-0.2, 0) is 27.3 Å². The third-order valence-corrected chi connectivity index (χ3v) is 3.77. The minimum atomic E-state index is -0.905. The molecule has 27 heavy (non-hydrogen) atoms. The van der Waals surface area contributed by atoms with Gasteiger partial charge in [0.15, 0.2) is 6.61 Å². The first kappa shape index (κ1) is 19.8. The molecule has 7 heteroatoms. The van der Waals surface area contributed by atoms with E-state index in [0.29, 0.717) is 18.5 Å². The van der Waals surface area contributed by atoms with Crippen molar-refractivity contribution in [1.29, 1.82) is 5.26 Å². The number of esters is 1. The highest BCUT2D eigenvalue weighted by atomic mass is 16.6. The molecule has 7 nitrogen and oxygen atoms in total. The summed E-state index contributed by atoms with van der Waals surface area (Å²) in [6, 6.07) is 17.3. The normalized spacial score (nSPS) is 11.1. The summed E-state index contributed by atoms with van der Waals surface area (Å²) in [6.45, 7) is -0.326. The minimum absolute atomic E-state index is 0.0464. The number of ether oxygens (including phenoxy) is 2. The number of nitrogens with one attached hydrogen (secondary N) is 1. The molecule has 3 N–H and O–H groups in total. The zero-order valence-electron chi connectivity index (χ0n) is 14.8. The van der Waals surface area contributed by atoms with Gasteiger partial charge in [-0.05, 0) is 36.1 Å². The Morgan fingerprint density at radius 2 is 1.74 bits per heavy atom. The Bertz CT molecular complexity index is 785. The highest BCUT2D eigenvalue weighted by Crippen LogP contribution is 2.09. The molecule has 1 unspecified atom stereocenters. The van der Waals surface area contributed by atoms with Crippen LogP contribution in [0.1, 0.15) is 17.5 Å². The van der Waals surface area contributed by atoms with Crippen molar-refractivity contribution in [2.45, 2.75) is 25.5 Å². The molecule has 2 aromatic rings. The number of carbonyl (C=O) groups excluding carboxylic acids is 2. The second kappa shape index (κ2) is 10.5. The molecule has 2 rings (SSSR count).